The molecular formula is C15H16N2O2S. The van der Waals surface area contributed by atoms with Gasteiger partial charge in [0.15, 0.2) is 5.11 Å². The fraction of sp³-hybridized carbons (Fsp3) is 0.200. The van der Waals surface area contributed by atoms with E-state index in [1.54, 1.807) is 12.1 Å². The molecule has 0 fully saturated rings. The lowest BCUT2D eigenvalue weighted by atomic mass is 10.1. The monoisotopic (exact) mass is 288 g/mol. The average molecular weight is 288 g/mol. The number of hydrogen-bond acceptors (Lipinski definition) is 3. The van der Waals surface area contributed by atoms with Gasteiger partial charge in [-0.15, -0.1) is 0 Å². The number of hydrogen-bond donors (Lipinski definition) is 3. The van der Waals surface area contributed by atoms with Gasteiger partial charge in [-0.3, -0.25) is 4.79 Å². The molecule has 0 aromatic heterocycles. The summed E-state index contributed by atoms with van der Waals surface area (Å²) in [6.45, 7) is 1.94. The van der Waals surface area contributed by atoms with Crippen LogP contribution < -0.4 is 10.6 Å². The van der Waals surface area contributed by atoms with Crippen molar-refractivity contribution in [3.63, 3.8) is 0 Å². The van der Waals surface area contributed by atoms with Crippen LogP contribution in [-0.4, -0.2) is 16.1 Å². The van der Waals surface area contributed by atoms with Crippen LogP contribution in [0, 0.1) is 0 Å². The Kier molecular flexibility index (Phi) is 4.53. The Hall–Kier alpha value is -2.14. The van der Waals surface area contributed by atoms with Crippen LogP contribution in [0.2, 0.25) is 0 Å². The summed E-state index contributed by atoms with van der Waals surface area (Å²) in [5.74, 6) is 0.122. The molecule has 20 heavy (non-hydrogen) atoms. The highest BCUT2D eigenvalue weighted by Gasteiger charge is 2.06. The van der Waals surface area contributed by atoms with Crippen molar-refractivity contribution in [2.45, 2.75) is 19.8 Å². The van der Waals surface area contributed by atoms with Crippen LogP contribution in [0.1, 0.15) is 19.8 Å². The molecule has 0 aliphatic heterocycles. The van der Waals surface area contributed by atoms with Crippen molar-refractivity contribution >= 4 is 39.7 Å². The zero-order valence-electron chi connectivity index (χ0n) is 11.1. The van der Waals surface area contributed by atoms with E-state index >= 15 is 0 Å². The van der Waals surface area contributed by atoms with Gasteiger partial charge in [0.2, 0.25) is 5.91 Å². The first-order chi connectivity index (χ1) is 9.60. The van der Waals surface area contributed by atoms with Crippen LogP contribution in [0.25, 0.3) is 10.8 Å². The first-order valence-corrected chi connectivity index (χ1v) is 6.83. The fourth-order valence-corrected chi connectivity index (χ4v) is 2.17. The Morgan fingerprint density at radius 1 is 1.30 bits per heavy atom. The normalized spacial score (nSPS) is 10.2. The van der Waals surface area contributed by atoms with Crippen molar-refractivity contribution in [1.29, 1.82) is 0 Å². The quantitative estimate of drug-likeness (QED) is 0.759. The van der Waals surface area contributed by atoms with Gasteiger partial charge >= 0.3 is 0 Å². The fourth-order valence-electron chi connectivity index (χ4n) is 1.95. The highest BCUT2D eigenvalue weighted by molar-refractivity contribution is 7.80. The molecule has 0 aliphatic carbocycles. The van der Waals surface area contributed by atoms with Crippen molar-refractivity contribution < 1.29 is 9.90 Å². The van der Waals surface area contributed by atoms with Gasteiger partial charge in [-0.05, 0) is 48.3 Å². The molecule has 0 spiro atoms. The van der Waals surface area contributed by atoms with E-state index in [4.69, 9.17) is 12.2 Å². The first-order valence-electron chi connectivity index (χ1n) is 6.42. The number of aromatic hydroxyl groups is 1. The summed E-state index contributed by atoms with van der Waals surface area (Å²) in [4.78, 5) is 11.5. The minimum absolute atomic E-state index is 0.0946. The Bertz CT molecular complexity index is 655. The van der Waals surface area contributed by atoms with E-state index in [1.807, 2.05) is 31.2 Å². The first kappa shape index (κ1) is 14.3. The van der Waals surface area contributed by atoms with E-state index in [-0.39, 0.29) is 16.8 Å². The van der Waals surface area contributed by atoms with Crippen molar-refractivity contribution in [1.82, 2.24) is 5.32 Å². The molecule has 4 nitrogen and oxygen atoms in total. The number of anilines is 1. The summed E-state index contributed by atoms with van der Waals surface area (Å²) in [5, 5.41) is 17.2. The van der Waals surface area contributed by atoms with E-state index in [0.29, 0.717) is 6.42 Å². The number of fused-ring (bicyclic) bond motifs is 1. The summed E-state index contributed by atoms with van der Waals surface area (Å²) in [6, 6.07) is 10.7. The third-order valence-electron chi connectivity index (χ3n) is 2.84. The number of amides is 1. The van der Waals surface area contributed by atoms with Gasteiger partial charge in [0, 0.05) is 17.5 Å². The van der Waals surface area contributed by atoms with Crippen molar-refractivity contribution in [2.24, 2.45) is 0 Å². The van der Waals surface area contributed by atoms with Gasteiger partial charge in [-0.2, -0.15) is 0 Å². The van der Waals surface area contributed by atoms with Crippen LogP contribution in [0.4, 0.5) is 5.69 Å². The average Bonchev–Trinajstić information content (AvgIpc) is 2.38. The predicted molar refractivity (Wildman–Crippen MR) is 84.9 cm³/mol. The van der Waals surface area contributed by atoms with Crippen LogP contribution in [0.15, 0.2) is 36.4 Å². The summed E-state index contributed by atoms with van der Waals surface area (Å²) >= 11 is 5.12. The topological polar surface area (TPSA) is 61.4 Å². The SMILES string of the molecule is CCCC(=O)NC(=S)Nc1cccc2cc(O)ccc12. The van der Waals surface area contributed by atoms with Gasteiger partial charge in [-0.1, -0.05) is 19.1 Å². The van der Waals surface area contributed by atoms with Gasteiger partial charge < -0.3 is 15.7 Å². The lowest BCUT2D eigenvalue weighted by Crippen LogP contribution is -2.33. The zero-order chi connectivity index (χ0) is 14.5. The Morgan fingerprint density at radius 3 is 2.85 bits per heavy atom. The molecule has 0 heterocycles. The molecule has 0 bridgehead atoms. The molecule has 5 heteroatoms. The summed E-state index contributed by atoms with van der Waals surface area (Å²) < 4.78 is 0. The van der Waals surface area contributed by atoms with Gasteiger partial charge in [0.1, 0.15) is 5.75 Å². The molecule has 104 valence electrons. The standard InChI is InChI=1S/C15H16N2O2S/c1-2-4-14(19)17-15(20)16-13-6-3-5-10-9-11(18)7-8-12(10)13/h3,5-9,18H,2,4H2,1H3,(H2,16,17,19,20). The summed E-state index contributed by atoms with van der Waals surface area (Å²) in [7, 11) is 0. The molecule has 2 aromatic carbocycles. The number of carbonyl (C=O) groups is 1. The number of benzene rings is 2. The third kappa shape index (κ3) is 3.45. The molecule has 3 N–H and O–H groups in total. The van der Waals surface area contributed by atoms with Crippen LogP contribution in [-0.2, 0) is 4.79 Å². The summed E-state index contributed by atoms with van der Waals surface area (Å²) in [5.41, 5.74) is 0.796. The number of carbonyl (C=O) groups excluding carboxylic acids is 1. The van der Waals surface area contributed by atoms with E-state index in [0.717, 1.165) is 22.9 Å². The molecule has 0 aliphatic rings. The predicted octanol–water partition coefficient (Wildman–Crippen LogP) is 3.16. The molecule has 2 rings (SSSR count). The number of rotatable bonds is 3. The molecule has 2 aromatic rings. The van der Waals surface area contributed by atoms with Crippen LogP contribution in [0.5, 0.6) is 5.75 Å². The second kappa shape index (κ2) is 6.34. The minimum atomic E-state index is -0.0946. The highest BCUT2D eigenvalue weighted by Crippen LogP contribution is 2.26. The molecular weight excluding hydrogens is 272 g/mol. The largest absolute Gasteiger partial charge is 0.508 e. The van der Waals surface area contributed by atoms with Crippen molar-refractivity contribution in [3.05, 3.63) is 36.4 Å². The van der Waals surface area contributed by atoms with Crippen molar-refractivity contribution in [2.75, 3.05) is 5.32 Å². The summed E-state index contributed by atoms with van der Waals surface area (Å²) in [6.07, 6.45) is 1.23. The maximum atomic E-state index is 11.5. The highest BCUT2D eigenvalue weighted by atomic mass is 32.1. The van der Waals surface area contributed by atoms with Gasteiger partial charge in [-0.25, -0.2) is 0 Å². The second-order valence-electron chi connectivity index (χ2n) is 4.46. The van der Waals surface area contributed by atoms with E-state index < -0.39 is 0 Å². The van der Waals surface area contributed by atoms with E-state index in [1.165, 1.54) is 0 Å². The molecule has 0 radical (unpaired) electrons. The van der Waals surface area contributed by atoms with Crippen molar-refractivity contribution in [3.8, 4) is 5.75 Å². The third-order valence-corrected chi connectivity index (χ3v) is 3.05. The van der Waals surface area contributed by atoms with Crippen LogP contribution >= 0.6 is 12.2 Å². The van der Waals surface area contributed by atoms with Crippen LogP contribution in [0.3, 0.4) is 0 Å². The van der Waals surface area contributed by atoms with E-state index in [2.05, 4.69) is 10.6 Å². The lowest BCUT2D eigenvalue weighted by molar-refractivity contribution is -0.119. The molecule has 0 atom stereocenters. The number of thiocarbonyl (C=S) groups is 1. The Labute approximate surface area is 122 Å². The molecule has 1 amide bonds. The zero-order valence-corrected chi connectivity index (χ0v) is 12.0. The maximum absolute atomic E-state index is 11.5. The second-order valence-corrected chi connectivity index (χ2v) is 4.87. The Balaban J connectivity index is 2.17. The number of phenolic OH excluding ortho intramolecular Hbond substituents is 1. The minimum Gasteiger partial charge on any atom is -0.508 e. The Morgan fingerprint density at radius 2 is 2.10 bits per heavy atom. The molecule has 0 saturated heterocycles. The lowest BCUT2D eigenvalue weighted by Gasteiger charge is -2.11. The number of nitrogens with one attached hydrogen (secondary N) is 2. The van der Waals surface area contributed by atoms with Gasteiger partial charge in [0.05, 0.1) is 0 Å². The molecule has 0 unspecified atom stereocenters. The maximum Gasteiger partial charge on any atom is 0.226 e. The van der Waals surface area contributed by atoms with Gasteiger partial charge in [0.25, 0.3) is 0 Å². The van der Waals surface area contributed by atoms with E-state index in [9.17, 15) is 9.90 Å². The number of phenols is 1. The smallest absolute Gasteiger partial charge is 0.226 e. The molecule has 0 saturated carbocycles.